The van der Waals surface area contributed by atoms with Gasteiger partial charge in [0.05, 0.1) is 12.6 Å². The van der Waals surface area contributed by atoms with Gasteiger partial charge in [-0.3, -0.25) is 14.5 Å². The normalized spacial score (nSPS) is 22.2. The van der Waals surface area contributed by atoms with E-state index >= 15 is 0 Å². The minimum atomic E-state index is -1.23. The number of likely N-dealkylation sites (tertiary alicyclic amines) is 1. The molecule has 3 rings (SSSR count). The highest BCUT2D eigenvalue weighted by Crippen LogP contribution is 2.36. The summed E-state index contributed by atoms with van der Waals surface area (Å²) in [5.74, 6) is -1.16. The first kappa shape index (κ1) is 21.0. The monoisotopic (exact) mass is 396 g/mol. The highest BCUT2D eigenvalue weighted by molar-refractivity contribution is 5.93. The molecule has 0 aliphatic carbocycles. The number of carbonyl (C=O) groups is 2. The maximum absolute atomic E-state index is 12.5. The Morgan fingerprint density at radius 2 is 1.86 bits per heavy atom. The molecule has 1 heterocycles. The van der Waals surface area contributed by atoms with Crippen LogP contribution in [0.2, 0.25) is 0 Å². The third-order valence-corrected chi connectivity index (χ3v) is 5.98. The van der Waals surface area contributed by atoms with E-state index in [9.17, 15) is 19.8 Å². The van der Waals surface area contributed by atoms with E-state index in [-0.39, 0.29) is 31.8 Å². The van der Waals surface area contributed by atoms with Gasteiger partial charge in [0.2, 0.25) is 5.91 Å². The number of aliphatic hydroxyl groups is 1. The Morgan fingerprint density at radius 3 is 2.52 bits per heavy atom. The summed E-state index contributed by atoms with van der Waals surface area (Å²) in [6, 6.07) is 15.1. The van der Waals surface area contributed by atoms with Crippen molar-refractivity contribution < 1.29 is 19.8 Å². The van der Waals surface area contributed by atoms with Crippen molar-refractivity contribution in [2.75, 3.05) is 25.0 Å². The topological polar surface area (TPSA) is 89.9 Å². The Balaban J connectivity index is 1.64. The predicted octanol–water partition coefficient (Wildman–Crippen LogP) is 2.62. The average molecular weight is 396 g/mol. The molecule has 0 aromatic heterocycles. The van der Waals surface area contributed by atoms with E-state index in [1.165, 1.54) is 0 Å². The Kier molecular flexibility index (Phi) is 6.35. The lowest BCUT2D eigenvalue weighted by atomic mass is 9.71. The summed E-state index contributed by atoms with van der Waals surface area (Å²) in [5, 5.41) is 23.6. The van der Waals surface area contributed by atoms with Crippen molar-refractivity contribution in [3.05, 3.63) is 65.2 Å². The number of anilines is 1. The molecule has 0 spiro atoms. The molecule has 2 aromatic rings. The molecule has 29 heavy (non-hydrogen) atoms. The zero-order valence-electron chi connectivity index (χ0n) is 16.9. The van der Waals surface area contributed by atoms with Crippen LogP contribution in [0.4, 0.5) is 5.69 Å². The largest absolute Gasteiger partial charge is 0.481 e. The van der Waals surface area contributed by atoms with Crippen LogP contribution in [0, 0.1) is 19.3 Å². The lowest BCUT2D eigenvalue weighted by molar-refractivity contribution is -0.162. The van der Waals surface area contributed by atoms with Gasteiger partial charge < -0.3 is 15.5 Å². The molecule has 0 radical (unpaired) electrons. The van der Waals surface area contributed by atoms with Crippen molar-refractivity contribution in [1.82, 2.24) is 4.90 Å². The molecule has 1 fully saturated rings. The number of piperidine rings is 1. The first-order valence-corrected chi connectivity index (χ1v) is 9.85. The van der Waals surface area contributed by atoms with Crippen LogP contribution in [0.3, 0.4) is 0 Å². The number of amides is 1. The predicted molar refractivity (Wildman–Crippen MR) is 112 cm³/mol. The Labute approximate surface area is 171 Å². The number of β-amino-alcohol motifs (C(OH)–C–C–N with tert-alkyl or cyclic N) is 1. The smallest absolute Gasteiger partial charge is 0.312 e. The number of rotatable bonds is 6. The fourth-order valence-electron chi connectivity index (χ4n) is 3.95. The number of hydrogen-bond acceptors (Lipinski definition) is 4. The molecule has 0 bridgehead atoms. The number of nitrogens with one attached hydrogen (secondary N) is 1. The Hall–Kier alpha value is -2.70. The minimum Gasteiger partial charge on any atom is -0.481 e. The van der Waals surface area contributed by atoms with Gasteiger partial charge in [-0.15, -0.1) is 0 Å². The summed E-state index contributed by atoms with van der Waals surface area (Å²) in [7, 11) is 0. The number of carboxylic acid groups (broad SMARTS) is 1. The molecule has 154 valence electrons. The van der Waals surface area contributed by atoms with E-state index in [0.29, 0.717) is 6.54 Å². The second kappa shape index (κ2) is 8.76. The number of carbonyl (C=O) groups excluding carboxylic acids is 1. The van der Waals surface area contributed by atoms with Crippen molar-refractivity contribution in [1.29, 1.82) is 0 Å². The number of carboxylic acids is 1. The summed E-state index contributed by atoms with van der Waals surface area (Å²) >= 11 is 0. The van der Waals surface area contributed by atoms with Gasteiger partial charge in [-0.2, -0.15) is 0 Å². The second-order valence-electron chi connectivity index (χ2n) is 7.92. The maximum Gasteiger partial charge on any atom is 0.312 e. The zero-order valence-corrected chi connectivity index (χ0v) is 16.9. The lowest BCUT2D eigenvalue weighted by Crippen LogP contribution is -2.56. The van der Waals surface area contributed by atoms with Gasteiger partial charge in [-0.25, -0.2) is 0 Å². The van der Waals surface area contributed by atoms with Crippen LogP contribution in [0.1, 0.15) is 23.1 Å². The number of aliphatic hydroxyl groups excluding tert-OH is 1. The molecule has 0 saturated carbocycles. The fraction of sp³-hybridized carbons (Fsp3) is 0.391. The maximum atomic E-state index is 12.5. The van der Waals surface area contributed by atoms with Gasteiger partial charge in [-0.05, 0) is 56.0 Å². The summed E-state index contributed by atoms with van der Waals surface area (Å²) in [4.78, 5) is 26.4. The summed E-state index contributed by atoms with van der Waals surface area (Å²) in [6.07, 6.45) is -0.496. The molecule has 1 aliphatic heterocycles. The summed E-state index contributed by atoms with van der Waals surface area (Å²) in [5.41, 5.74) is 2.55. The summed E-state index contributed by atoms with van der Waals surface area (Å²) in [6.45, 7) is 4.66. The van der Waals surface area contributed by atoms with Gasteiger partial charge in [0.1, 0.15) is 5.41 Å². The van der Waals surface area contributed by atoms with Gasteiger partial charge in [0.15, 0.2) is 0 Å². The fourth-order valence-corrected chi connectivity index (χ4v) is 3.95. The quantitative estimate of drug-likeness (QED) is 0.698. The Bertz CT molecular complexity index is 884. The third-order valence-electron chi connectivity index (χ3n) is 5.98. The van der Waals surface area contributed by atoms with Gasteiger partial charge in [0, 0.05) is 12.2 Å². The molecular formula is C23H28N2O4. The zero-order chi connectivity index (χ0) is 21.0. The van der Waals surface area contributed by atoms with Crippen LogP contribution in [0.5, 0.6) is 0 Å². The molecule has 1 aliphatic rings. The number of hydrogen-bond donors (Lipinski definition) is 3. The van der Waals surface area contributed by atoms with E-state index in [2.05, 4.69) is 5.32 Å². The molecule has 3 N–H and O–H groups in total. The third kappa shape index (κ3) is 4.66. The molecule has 2 aromatic carbocycles. The molecular weight excluding hydrogens is 368 g/mol. The van der Waals surface area contributed by atoms with Crippen molar-refractivity contribution in [3.63, 3.8) is 0 Å². The Morgan fingerprint density at radius 1 is 1.14 bits per heavy atom. The highest BCUT2D eigenvalue weighted by atomic mass is 16.4. The van der Waals surface area contributed by atoms with E-state index in [1.54, 1.807) is 0 Å². The number of benzene rings is 2. The van der Waals surface area contributed by atoms with E-state index in [1.807, 2.05) is 67.3 Å². The van der Waals surface area contributed by atoms with Crippen molar-refractivity contribution in [3.8, 4) is 0 Å². The van der Waals surface area contributed by atoms with Crippen molar-refractivity contribution >= 4 is 17.6 Å². The van der Waals surface area contributed by atoms with Crippen LogP contribution in [0.25, 0.3) is 0 Å². The molecule has 1 unspecified atom stereocenters. The molecule has 6 nitrogen and oxygen atoms in total. The standard InChI is InChI=1S/C23H28N2O4/c1-16-7-6-10-19(17(16)2)24-21(27)15-25-12-11-23(22(28)29,20(26)14-25)13-18-8-4-3-5-9-18/h3-10,20,26H,11-15H2,1-2H3,(H,24,27)(H,28,29)/t20?,23-/m1/s1. The lowest BCUT2D eigenvalue weighted by Gasteiger charge is -2.42. The second-order valence-corrected chi connectivity index (χ2v) is 7.92. The van der Waals surface area contributed by atoms with Gasteiger partial charge in [0.25, 0.3) is 0 Å². The highest BCUT2D eigenvalue weighted by Gasteiger charge is 2.48. The first-order valence-electron chi connectivity index (χ1n) is 9.85. The minimum absolute atomic E-state index is 0.117. The SMILES string of the molecule is Cc1cccc(NC(=O)CN2CC[C@](Cc3ccccc3)(C(=O)O)C(O)C2)c1C. The molecule has 6 heteroatoms. The van der Waals surface area contributed by atoms with Gasteiger partial charge in [-0.1, -0.05) is 42.5 Å². The van der Waals surface area contributed by atoms with Crippen LogP contribution in [0.15, 0.2) is 48.5 Å². The number of aliphatic carboxylic acids is 1. The molecule has 1 amide bonds. The molecule has 2 atom stereocenters. The van der Waals surface area contributed by atoms with Gasteiger partial charge >= 0.3 is 5.97 Å². The summed E-state index contributed by atoms with van der Waals surface area (Å²) < 4.78 is 0. The first-order chi connectivity index (χ1) is 13.8. The van der Waals surface area contributed by atoms with Crippen molar-refractivity contribution in [2.45, 2.75) is 32.8 Å². The average Bonchev–Trinajstić information content (AvgIpc) is 2.68. The van der Waals surface area contributed by atoms with Crippen LogP contribution < -0.4 is 5.32 Å². The van der Waals surface area contributed by atoms with E-state index in [0.717, 1.165) is 22.4 Å². The van der Waals surface area contributed by atoms with E-state index in [4.69, 9.17) is 0 Å². The van der Waals surface area contributed by atoms with Crippen molar-refractivity contribution in [2.24, 2.45) is 5.41 Å². The van der Waals surface area contributed by atoms with Crippen LogP contribution >= 0.6 is 0 Å². The van der Waals surface area contributed by atoms with Crippen LogP contribution in [-0.2, 0) is 16.0 Å². The van der Waals surface area contributed by atoms with E-state index < -0.39 is 17.5 Å². The van der Waals surface area contributed by atoms with Crippen LogP contribution in [-0.4, -0.2) is 52.7 Å². The number of nitrogens with zero attached hydrogens (tertiary/aromatic N) is 1. The number of aryl methyl sites for hydroxylation is 1. The molecule has 1 saturated heterocycles.